The van der Waals surface area contributed by atoms with Gasteiger partial charge in [0.1, 0.15) is 0 Å². The van der Waals surface area contributed by atoms with Gasteiger partial charge in [-0.1, -0.05) is 5.10 Å². The molecule has 0 aromatic carbocycles. The van der Waals surface area contributed by atoms with Crippen molar-refractivity contribution in [2.75, 3.05) is 12.4 Å². The summed E-state index contributed by atoms with van der Waals surface area (Å²) in [6.07, 6.45) is 0. The fourth-order valence-electron chi connectivity index (χ4n) is 0.597. The molecule has 0 unspecified atom stereocenters. The molecule has 0 aliphatic carbocycles. The summed E-state index contributed by atoms with van der Waals surface area (Å²) in [4.78, 5) is 0. The normalized spacial score (nSPS) is 8.60. The maximum absolute atomic E-state index is 3.70. The topological polar surface area (TPSA) is 55.6 Å². The number of hydrogen-bond donors (Lipinski definition) is 1. The summed E-state index contributed by atoms with van der Waals surface area (Å²) in [6, 6.07) is 0. The second kappa shape index (κ2) is 4.05. The van der Waals surface area contributed by atoms with Crippen molar-refractivity contribution in [1.82, 2.24) is 20.2 Å². The fraction of sp³-hybridized carbons (Fsp3) is 0.750. The molecule has 0 bridgehead atoms. The number of rotatable bonds is 2. The molecule has 0 radical (unpaired) electrons. The molecule has 1 rings (SSSR count). The van der Waals surface area contributed by atoms with Crippen LogP contribution in [-0.4, -0.2) is 27.3 Å². The molecule has 10 heavy (non-hydrogen) atoms. The molecule has 1 aromatic heterocycles. The Hall–Kier alpha value is -0.840. The van der Waals surface area contributed by atoms with Gasteiger partial charge in [0.15, 0.2) is 0 Å². The minimum absolute atomic E-state index is 0. The van der Waals surface area contributed by atoms with E-state index in [1.54, 1.807) is 11.7 Å². The molecule has 0 saturated carbocycles. The average molecular weight is 164 g/mol. The highest BCUT2D eigenvalue weighted by Crippen LogP contribution is 1.94. The minimum Gasteiger partial charge on any atom is -0.356 e. The van der Waals surface area contributed by atoms with Gasteiger partial charge >= 0.3 is 0 Å². The highest BCUT2D eigenvalue weighted by atomic mass is 35.5. The molecule has 58 valence electrons. The first-order valence-electron chi connectivity index (χ1n) is 2.82. The van der Waals surface area contributed by atoms with E-state index >= 15 is 0 Å². The lowest BCUT2D eigenvalue weighted by Crippen LogP contribution is -2.02. The molecular formula is C4H10ClN5. The number of nitrogens with zero attached hydrogens (tertiary/aromatic N) is 4. The first-order valence-corrected chi connectivity index (χ1v) is 2.82. The lowest BCUT2D eigenvalue weighted by molar-refractivity contribution is 0.631. The van der Waals surface area contributed by atoms with E-state index in [0.717, 1.165) is 6.54 Å². The average Bonchev–Trinajstić information content (AvgIpc) is 2.33. The van der Waals surface area contributed by atoms with Gasteiger partial charge in [0.2, 0.25) is 5.95 Å². The Balaban J connectivity index is 0.000000810. The summed E-state index contributed by atoms with van der Waals surface area (Å²) in [5.74, 6) is 0.706. The summed E-state index contributed by atoms with van der Waals surface area (Å²) in [5, 5.41) is 13.7. The largest absolute Gasteiger partial charge is 0.356 e. The highest BCUT2D eigenvalue weighted by Gasteiger charge is 1.97. The molecule has 5 nitrogen and oxygen atoms in total. The van der Waals surface area contributed by atoms with Crippen LogP contribution in [0.5, 0.6) is 0 Å². The summed E-state index contributed by atoms with van der Waals surface area (Å²) in [6.45, 7) is 2.78. The quantitative estimate of drug-likeness (QED) is 0.675. The van der Waals surface area contributed by atoms with Crippen molar-refractivity contribution in [3.8, 4) is 0 Å². The summed E-state index contributed by atoms with van der Waals surface area (Å²) in [7, 11) is 1.79. The number of aryl methyl sites for hydroxylation is 1. The molecular weight excluding hydrogens is 154 g/mol. The smallest absolute Gasteiger partial charge is 0.242 e. The van der Waals surface area contributed by atoms with Crippen LogP contribution in [0.1, 0.15) is 6.92 Å². The Morgan fingerprint density at radius 1 is 1.60 bits per heavy atom. The number of aromatic nitrogens is 4. The first kappa shape index (κ1) is 9.16. The van der Waals surface area contributed by atoms with Crippen LogP contribution in [-0.2, 0) is 6.54 Å². The van der Waals surface area contributed by atoms with Crippen molar-refractivity contribution in [1.29, 1.82) is 0 Å². The van der Waals surface area contributed by atoms with Crippen LogP contribution in [0.4, 0.5) is 5.95 Å². The lowest BCUT2D eigenvalue weighted by Gasteiger charge is -1.96. The van der Waals surface area contributed by atoms with Crippen LogP contribution in [0.25, 0.3) is 0 Å². The predicted molar refractivity (Wildman–Crippen MR) is 40.3 cm³/mol. The number of halogens is 1. The van der Waals surface area contributed by atoms with Crippen LogP contribution in [0.15, 0.2) is 0 Å². The monoisotopic (exact) mass is 163 g/mol. The number of tetrazole rings is 1. The van der Waals surface area contributed by atoms with Gasteiger partial charge in [-0.3, -0.25) is 0 Å². The molecule has 6 heteroatoms. The zero-order valence-corrected chi connectivity index (χ0v) is 6.72. The van der Waals surface area contributed by atoms with Crippen molar-refractivity contribution in [3.05, 3.63) is 0 Å². The predicted octanol–water partition coefficient (Wildman–Crippen LogP) is 0.156. The Labute approximate surface area is 65.2 Å². The molecule has 0 saturated heterocycles. The van der Waals surface area contributed by atoms with Crippen LogP contribution in [0.2, 0.25) is 0 Å². The Morgan fingerprint density at radius 2 is 2.30 bits per heavy atom. The molecule has 0 amide bonds. The molecule has 1 aromatic rings. The van der Waals surface area contributed by atoms with Gasteiger partial charge in [-0.05, 0) is 17.4 Å². The van der Waals surface area contributed by atoms with E-state index in [4.69, 9.17) is 0 Å². The number of nitrogens with one attached hydrogen (secondary N) is 1. The summed E-state index contributed by atoms with van der Waals surface area (Å²) >= 11 is 0. The van der Waals surface area contributed by atoms with Crippen molar-refractivity contribution in [2.45, 2.75) is 13.5 Å². The van der Waals surface area contributed by atoms with Crippen LogP contribution >= 0.6 is 12.4 Å². The van der Waals surface area contributed by atoms with E-state index < -0.39 is 0 Å². The number of hydrogen-bond acceptors (Lipinski definition) is 4. The van der Waals surface area contributed by atoms with Crippen molar-refractivity contribution < 1.29 is 0 Å². The van der Waals surface area contributed by atoms with E-state index in [9.17, 15) is 0 Å². The van der Waals surface area contributed by atoms with Gasteiger partial charge in [-0.2, -0.15) is 0 Å². The molecule has 0 fully saturated rings. The maximum atomic E-state index is 3.70. The molecule has 1 heterocycles. The third kappa shape index (κ3) is 1.57. The van der Waals surface area contributed by atoms with Crippen molar-refractivity contribution in [2.24, 2.45) is 0 Å². The molecule has 0 aliphatic rings. The van der Waals surface area contributed by atoms with Crippen LogP contribution < -0.4 is 5.32 Å². The van der Waals surface area contributed by atoms with E-state index in [-0.39, 0.29) is 12.4 Å². The fourth-order valence-corrected chi connectivity index (χ4v) is 0.597. The SMILES string of the molecule is CCn1nnnc1NC.Cl. The first-order chi connectivity index (χ1) is 4.38. The van der Waals surface area contributed by atoms with Gasteiger partial charge in [0.25, 0.3) is 0 Å². The van der Waals surface area contributed by atoms with Crippen LogP contribution in [0.3, 0.4) is 0 Å². The van der Waals surface area contributed by atoms with Gasteiger partial charge < -0.3 is 5.32 Å². The zero-order chi connectivity index (χ0) is 6.69. The third-order valence-electron chi connectivity index (χ3n) is 1.06. The Kier molecular flexibility index (Phi) is 3.71. The second-order valence-corrected chi connectivity index (χ2v) is 1.57. The highest BCUT2D eigenvalue weighted by molar-refractivity contribution is 5.85. The van der Waals surface area contributed by atoms with E-state index in [1.165, 1.54) is 0 Å². The van der Waals surface area contributed by atoms with E-state index in [1.807, 2.05) is 6.92 Å². The molecule has 0 spiro atoms. The van der Waals surface area contributed by atoms with Crippen LogP contribution in [0, 0.1) is 0 Å². The van der Waals surface area contributed by atoms with E-state index in [0.29, 0.717) is 5.95 Å². The van der Waals surface area contributed by atoms with Crippen molar-refractivity contribution >= 4 is 18.4 Å². The van der Waals surface area contributed by atoms with Crippen molar-refractivity contribution in [3.63, 3.8) is 0 Å². The lowest BCUT2D eigenvalue weighted by atomic mass is 10.7. The maximum Gasteiger partial charge on any atom is 0.242 e. The summed E-state index contributed by atoms with van der Waals surface area (Å²) in [5.41, 5.74) is 0. The van der Waals surface area contributed by atoms with Gasteiger partial charge in [0, 0.05) is 13.6 Å². The molecule has 0 aliphatic heterocycles. The molecule has 0 atom stereocenters. The third-order valence-corrected chi connectivity index (χ3v) is 1.06. The Bertz CT molecular complexity index is 167. The molecule has 1 N–H and O–H groups in total. The van der Waals surface area contributed by atoms with Gasteiger partial charge in [0.05, 0.1) is 0 Å². The zero-order valence-electron chi connectivity index (χ0n) is 5.90. The minimum atomic E-state index is 0. The second-order valence-electron chi connectivity index (χ2n) is 1.57. The van der Waals surface area contributed by atoms with Gasteiger partial charge in [-0.15, -0.1) is 12.4 Å². The van der Waals surface area contributed by atoms with E-state index in [2.05, 4.69) is 20.8 Å². The number of anilines is 1. The standard InChI is InChI=1S/C4H9N5.ClH/c1-3-9-4(5-2)6-7-8-9;/h3H2,1-2H3,(H,5,6,8);1H. The Morgan fingerprint density at radius 3 is 2.70 bits per heavy atom. The van der Waals surface area contributed by atoms with Gasteiger partial charge in [-0.25, -0.2) is 4.68 Å². The summed E-state index contributed by atoms with van der Waals surface area (Å²) < 4.78 is 1.68.